The monoisotopic (exact) mass is 374 g/mol. The smallest absolute Gasteiger partial charge is 0.237 e. The molecule has 1 aromatic carbocycles. The maximum atomic E-state index is 12.6. The summed E-state index contributed by atoms with van der Waals surface area (Å²) >= 11 is 0. The Bertz CT molecular complexity index is 704. The molecular weight excluding hydrogens is 348 g/mol. The van der Waals surface area contributed by atoms with Crippen LogP contribution in [0.1, 0.15) is 43.2 Å². The molecule has 3 unspecified atom stereocenters. The molecule has 2 aliphatic rings. The van der Waals surface area contributed by atoms with Crippen LogP contribution in [-0.4, -0.2) is 27.8 Å². The van der Waals surface area contributed by atoms with E-state index in [1.807, 2.05) is 29.1 Å². The molecule has 2 fully saturated rings. The molecule has 5 nitrogen and oxygen atoms in total. The first kappa shape index (κ1) is 18.9. The highest BCUT2D eigenvalue weighted by Gasteiger charge is 2.37. The third kappa shape index (κ3) is 4.27. The molecule has 4 rings (SSSR count). The minimum Gasteiger partial charge on any atom is -0.351 e. The summed E-state index contributed by atoms with van der Waals surface area (Å²) in [5, 5.41) is 11.0. The summed E-state index contributed by atoms with van der Waals surface area (Å²) in [7, 11) is 0. The fraction of sp³-hybridized carbons (Fsp3) is 0.500. The lowest BCUT2D eigenvalue weighted by Gasteiger charge is -2.24. The predicted molar refractivity (Wildman–Crippen MR) is 104 cm³/mol. The molecule has 140 valence electrons. The van der Waals surface area contributed by atoms with Crippen molar-refractivity contribution in [2.24, 2.45) is 5.92 Å². The standard InChI is InChI=1S/C20H26N4O.ClH/c25-20(19-12-15-6-3-4-9-18(15)23-19)21-13-16-7-1-2-8-17(16)14-24-11-5-10-22-24;/h1-2,5,7-8,10-11,15,18-19,23H,3-4,6,9,12-14H2,(H,21,25);1H. The summed E-state index contributed by atoms with van der Waals surface area (Å²) in [6.45, 7) is 1.30. The van der Waals surface area contributed by atoms with Gasteiger partial charge in [0.2, 0.25) is 5.91 Å². The average Bonchev–Trinajstić information content (AvgIpc) is 3.30. The van der Waals surface area contributed by atoms with Gasteiger partial charge in [-0.05, 0) is 42.4 Å². The van der Waals surface area contributed by atoms with Crippen LogP contribution < -0.4 is 10.6 Å². The zero-order chi connectivity index (χ0) is 17.1. The molecule has 3 atom stereocenters. The molecule has 0 bridgehead atoms. The van der Waals surface area contributed by atoms with Crippen molar-refractivity contribution in [3.05, 3.63) is 53.9 Å². The van der Waals surface area contributed by atoms with Gasteiger partial charge in [-0.25, -0.2) is 0 Å². The van der Waals surface area contributed by atoms with Gasteiger partial charge in [-0.15, -0.1) is 12.4 Å². The van der Waals surface area contributed by atoms with Crippen LogP contribution in [0.5, 0.6) is 0 Å². The van der Waals surface area contributed by atoms with Gasteiger partial charge in [0.05, 0.1) is 12.6 Å². The minimum absolute atomic E-state index is 0. The molecule has 2 heterocycles. The molecule has 2 aromatic rings. The quantitative estimate of drug-likeness (QED) is 0.846. The fourth-order valence-corrected chi connectivity index (χ4v) is 4.28. The number of halogens is 1. The van der Waals surface area contributed by atoms with Gasteiger partial charge in [0.25, 0.3) is 0 Å². The van der Waals surface area contributed by atoms with Gasteiger partial charge < -0.3 is 10.6 Å². The van der Waals surface area contributed by atoms with E-state index in [4.69, 9.17) is 0 Å². The summed E-state index contributed by atoms with van der Waals surface area (Å²) < 4.78 is 1.91. The van der Waals surface area contributed by atoms with E-state index in [0.29, 0.717) is 18.5 Å². The van der Waals surface area contributed by atoms with Crippen LogP contribution in [0.25, 0.3) is 0 Å². The Hall–Kier alpha value is -1.85. The first-order chi connectivity index (χ1) is 12.3. The maximum absolute atomic E-state index is 12.6. The molecule has 1 aromatic heterocycles. The van der Waals surface area contributed by atoms with Gasteiger partial charge in [0.15, 0.2) is 0 Å². The first-order valence-corrected chi connectivity index (χ1v) is 9.37. The number of rotatable bonds is 5. The van der Waals surface area contributed by atoms with E-state index in [-0.39, 0.29) is 24.4 Å². The van der Waals surface area contributed by atoms with Crippen LogP contribution >= 0.6 is 12.4 Å². The molecule has 1 aliphatic heterocycles. The molecule has 1 aliphatic carbocycles. The third-order valence-corrected chi connectivity index (χ3v) is 5.64. The van der Waals surface area contributed by atoms with Crippen LogP contribution in [-0.2, 0) is 17.9 Å². The van der Waals surface area contributed by atoms with Crippen molar-refractivity contribution >= 4 is 18.3 Å². The number of carbonyl (C=O) groups is 1. The lowest BCUT2D eigenvalue weighted by molar-refractivity contribution is -0.123. The maximum Gasteiger partial charge on any atom is 0.237 e. The van der Waals surface area contributed by atoms with Gasteiger partial charge in [0.1, 0.15) is 0 Å². The number of fused-ring (bicyclic) bond motifs is 1. The van der Waals surface area contributed by atoms with Gasteiger partial charge >= 0.3 is 0 Å². The van der Waals surface area contributed by atoms with Gasteiger partial charge in [-0.2, -0.15) is 5.10 Å². The molecule has 0 radical (unpaired) electrons. The minimum atomic E-state index is -0.0219. The molecule has 2 N–H and O–H groups in total. The van der Waals surface area contributed by atoms with Crippen molar-refractivity contribution in [1.29, 1.82) is 0 Å². The number of nitrogens with zero attached hydrogens (tertiary/aromatic N) is 2. The van der Waals surface area contributed by atoms with Crippen LogP contribution in [0.3, 0.4) is 0 Å². The van der Waals surface area contributed by atoms with Crippen molar-refractivity contribution in [3.8, 4) is 0 Å². The molecular formula is C20H27ClN4O. The summed E-state index contributed by atoms with van der Waals surface area (Å²) in [5.74, 6) is 0.833. The second kappa shape index (κ2) is 8.69. The summed E-state index contributed by atoms with van der Waals surface area (Å²) in [6.07, 6.45) is 9.84. The number of benzene rings is 1. The Morgan fingerprint density at radius 2 is 2.00 bits per heavy atom. The predicted octanol–water partition coefficient (Wildman–Crippen LogP) is 2.89. The SMILES string of the molecule is Cl.O=C(NCc1ccccc1Cn1cccn1)C1CC2CCCCC2N1. The summed E-state index contributed by atoms with van der Waals surface area (Å²) in [4.78, 5) is 12.6. The lowest BCUT2D eigenvalue weighted by Crippen LogP contribution is -2.43. The van der Waals surface area contributed by atoms with E-state index in [0.717, 1.165) is 18.5 Å². The lowest BCUT2D eigenvalue weighted by atomic mass is 9.85. The van der Waals surface area contributed by atoms with E-state index >= 15 is 0 Å². The Labute approximate surface area is 161 Å². The second-order valence-corrected chi connectivity index (χ2v) is 7.30. The largest absolute Gasteiger partial charge is 0.351 e. The van der Waals surface area contributed by atoms with Crippen molar-refractivity contribution in [1.82, 2.24) is 20.4 Å². The third-order valence-electron chi connectivity index (χ3n) is 5.64. The second-order valence-electron chi connectivity index (χ2n) is 7.30. The Morgan fingerprint density at radius 3 is 2.77 bits per heavy atom. The Morgan fingerprint density at radius 1 is 1.19 bits per heavy atom. The molecule has 1 amide bonds. The van der Waals surface area contributed by atoms with E-state index in [2.05, 4.69) is 27.9 Å². The van der Waals surface area contributed by atoms with Crippen molar-refractivity contribution < 1.29 is 4.79 Å². The summed E-state index contributed by atoms with van der Waals surface area (Å²) in [5.41, 5.74) is 2.35. The number of carbonyl (C=O) groups excluding carboxylic acids is 1. The van der Waals surface area contributed by atoms with E-state index in [1.165, 1.54) is 31.2 Å². The molecule has 1 saturated carbocycles. The van der Waals surface area contributed by atoms with Gasteiger partial charge in [-0.1, -0.05) is 37.1 Å². The van der Waals surface area contributed by atoms with Gasteiger partial charge in [0, 0.05) is 25.0 Å². The van der Waals surface area contributed by atoms with Crippen LogP contribution in [0.15, 0.2) is 42.7 Å². The zero-order valence-electron chi connectivity index (χ0n) is 14.9. The first-order valence-electron chi connectivity index (χ1n) is 9.37. The van der Waals surface area contributed by atoms with E-state index in [1.54, 1.807) is 6.20 Å². The van der Waals surface area contributed by atoms with Crippen LogP contribution in [0.4, 0.5) is 0 Å². The van der Waals surface area contributed by atoms with Crippen LogP contribution in [0.2, 0.25) is 0 Å². The highest BCUT2D eigenvalue weighted by molar-refractivity contribution is 5.85. The number of hydrogen-bond donors (Lipinski definition) is 2. The van der Waals surface area contributed by atoms with Crippen molar-refractivity contribution in [3.63, 3.8) is 0 Å². The zero-order valence-corrected chi connectivity index (χ0v) is 15.8. The highest BCUT2D eigenvalue weighted by Crippen LogP contribution is 2.33. The van der Waals surface area contributed by atoms with E-state index < -0.39 is 0 Å². The number of aromatic nitrogens is 2. The average molecular weight is 375 g/mol. The number of amides is 1. The number of hydrogen-bond acceptors (Lipinski definition) is 3. The molecule has 0 spiro atoms. The van der Waals surface area contributed by atoms with E-state index in [9.17, 15) is 4.79 Å². The molecule has 6 heteroatoms. The van der Waals surface area contributed by atoms with Crippen molar-refractivity contribution in [2.45, 2.75) is 57.3 Å². The normalized spacial score (nSPS) is 24.5. The Kier molecular flexibility index (Phi) is 6.33. The Balaban J connectivity index is 0.00000196. The molecule has 1 saturated heterocycles. The summed E-state index contributed by atoms with van der Waals surface area (Å²) in [6, 6.07) is 10.7. The molecule has 26 heavy (non-hydrogen) atoms. The topological polar surface area (TPSA) is 59.0 Å². The van der Waals surface area contributed by atoms with Crippen molar-refractivity contribution in [2.75, 3.05) is 0 Å². The van der Waals surface area contributed by atoms with Gasteiger partial charge in [-0.3, -0.25) is 9.48 Å². The fourth-order valence-electron chi connectivity index (χ4n) is 4.28. The van der Waals surface area contributed by atoms with Crippen LogP contribution in [0, 0.1) is 5.92 Å². The number of nitrogens with one attached hydrogen (secondary N) is 2. The highest BCUT2D eigenvalue weighted by atomic mass is 35.5.